The van der Waals surface area contributed by atoms with Gasteiger partial charge in [-0.3, -0.25) is 0 Å². The number of hydrogen-bond donors (Lipinski definition) is 0. The number of terminal acetylenes is 1. The van der Waals surface area contributed by atoms with Gasteiger partial charge >= 0.3 is 0 Å². The Morgan fingerprint density at radius 2 is 2.09 bits per heavy atom. The minimum Gasteiger partial charge on any atom is -0.229 e. The Balaban J connectivity index is 0.000000461. The topological polar surface area (TPSA) is 25.8 Å². The summed E-state index contributed by atoms with van der Waals surface area (Å²) in [4.78, 5) is 7.76. The van der Waals surface area contributed by atoms with Crippen LogP contribution in [0.2, 0.25) is 0 Å². The van der Waals surface area contributed by atoms with E-state index in [1.54, 1.807) is 12.3 Å². The van der Waals surface area contributed by atoms with Crippen molar-refractivity contribution in [1.29, 1.82) is 0 Å². The van der Waals surface area contributed by atoms with E-state index in [0.29, 0.717) is 5.82 Å². The first kappa shape index (κ1) is 9.64. The average molecular weight is 148 g/mol. The van der Waals surface area contributed by atoms with Gasteiger partial charge in [0.25, 0.3) is 0 Å². The van der Waals surface area contributed by atoms with Crippen LogP contribution in [0.3, 0.4) is 0 Å². The molecule has 1 aromatic rings. The highest BCUT2D eigenvalue weighted by atomic mass is 14.9. The second-order valence-corrected chi connectivity index (χ2v) is 1.67. The molecule has 58 valence electrons. The van der Waals surface area contributed by atoms with E-state index in [9.17, 15) is 0 Å². The van der Waals surface area contributed by atoms with Gasteiger partial charge in [-0.05, 0) is 18.9 Å². The highest BCUT2D eigenvalue weighted by Crippen LogP contribution is 1.89. The Labute approximate surface area is 67.7 Å². The van der Waals surface area contributed by atoms with Gasteiger partial charge in [0.05, 0.1) is 0 Å². The molecule has 1 heterocycles. The fourth-order valence-electron chi connectivity index (χ4n) is 0.518. The summed E-state index contributed by atoms with van der Waals surface area (Å²) in [6, 6.07) is 1.81. The first-order chi connectivity index (χ1) is 5.33. The lowest BCUT2D eigenvalue weighted by atomic mass is 10.4. The van der Waals surface area contributed by atoms with E-state index < -0.39 is 0 Å². The fourth-order valence-corrected chi connectivity index (χ4v) is 0.518. The second kappa shape index (κ2) is 5.43. The highest BCUT2D eigenvalue weighted by molar-refractivity contribution is 5.16. The van der Waals surface area contributed by atoms with Crippen molar-refractivity contribution < 1.29 is 0 Å². The number of aromatic nitrogens is 2. The average Bonchev–Trinajstić information content (AvgIpc) is 2.08. The normalized spacial score (nSPS) is 7.45. The molecule has 0 N–H and O–H groups in total. The Kier molecular flexibility index (Phi) is 4.76. The Bertz CT molecular complexity index is 248. The molecule has 0 aromatic carbocycles. The fraction of sp³-hybridized carbons (Fsp3) is 0.333. The van der Waals surface area contributed by atoms with Crippen molar-refractivity contribution in [2.75, 3.05) is 0 Å². The van der Waals surface area contributed by atoms with Gasteiger partial charge < -0.3 is 0 Å². The summed E-state index contributed by atoms with van der Waals surface area (Å²) < 4.78 is 0. The monoisotopic (exact) mass is 148 g/mol. The van der Waals surface area contributed by atoms with Gasteiger partial charge in [-0.1, -0.05) is 13.8 Å². The summed E-state index contributed by atoms with van der Waals surface area (Å²) in [5.74, 6) is 2.80. The van der Waals surface area contributed by atoms with Gasteiger partial charge in [-0.25, -0.2) is 9.97 Å². The quantitative estimate of drug-likeness (QED) is 0.524. The zero-order valence-electron chi connectivity index (χ0n) is 7.13. The molecule has 2 heteroatoms. The molecular weight excluding hydrogens is 136 g/mol. The van der Waals surface area contributed by atoms with Crippen molar-refractivity contribution >= 4 is 0 Å². The third-order valence-electron chi connectivity index (χ3n) is 0.924. The molecular formula is C9H12N2. The summed E-state index contributed by atoms with van der Waals surface area (Å²) in [7, 11) is 0. The minimum atomic E-state index is 0.454. The van der Waals surface area contributed by atoms with E-state index in [-0.39, 0.29) is 0 Å². The number of nitrogens with zero attached hydrogens (tertiary/aromatic N) is 2. The van der Waals surface area contributed by atoms with Crippen molar-refractivity contribution in [3.63, 3.8) is 0 Å². The van der Waals surface area contributed by atoms with Crippen LogP contribution in [0.5, 0.6) is 0 Å². The lowest BCUT2D eigenvalue weighted by Gasteiger charge is -1.88. The van der Waals surface area contributed by atoms with Crippen molar-refractivity contribution in [1.82, 2.24) is 9.97 Å². The molecule has 0 aliphatic carbocycles. The number of rotatable bonds is 0. The van der Waals surface area contributed by atoms with E-state index in [1.165, 1.54) is 0 Å². The summed E-state index contributed by atoms with van der Waals surface area (Å²) in [5.41, 5.74) is 0.901. The zero-order chi connectivity index (χ0) is 8.69. The highest BCUT2D eigenvalue weighted by Gasteiger charge is 1.86. The van der Waals surface area contributed by atoms with Crippen LogP contribution in [-0.2, 0) is 0 Å². The maximum absolute atomic E-state index is 5.04. The zero-order valence-corrected chi connectivity index (χ0v) is 7.13. The molecule has 11 heavy (non-hydrogen) atoms. The second-order valence-electron chi connectivity index (χ2n) is 1.67. The third-order valence-corrected chi connectivity index (χ3v) is 0.924. The largest absolute Gasteiger partial charge is 0.229 e. The van der Waals surface area contributed by atoms with Gasteiger partial charge in [0.15, 0.2) is 0 Å². The Morgan fingerprint density at radius 1 is 1.45 bits per heavy atom. The van der Waals surface area contributed by atoms with Gasteiger partial charge in [-0.2, -0.15) is 0 Å². The maximum Gasteiger partial charge on any atom is 0.204 e. The lowest BCUT2D eigenvalue weighted by Crippen LogP contribution is -1.88. The Morgan fingerprint density at radius 3 is 2.45 bits per heavy atom. The number of hydrogen-bond acceptors (Lipinski definition) is 2. The van der Waals surface area contributed by atoms with Crippen molar-refractivity contribution in [2.24, 2.45) is 0 Å². The summed E-state index contributed by atoms with van der Waals surface area (Å²) >= 11 is 0. The van der Waals surface area contributed by atoms with Gasteiger partial charge in [0.1, 0.15) is 0 Å². The smallest absolute Gasteiger partial charge is 0.204 e. The van der Waals surface area contributed by atoms with E-state index in [1.807, 2.05) is 20.8 Å². The molecule has 0 fully saturated rings. The predicted molar refractivity (Wildman–Crippen MR) is 46.1 cm³/mol. The molecule has 0 saturated heterocycles. The van der Waals surface area contributed by atoms with Gasteiger partial charge in [0.2, 0.25) is 5.82 Å². The van der Waals surface area contributed by atoms with Crippen LogP contribution in [0.25, 0.3) is 0 Å². The molecule has 0 atom stereocenters. The molecule has 0 amide bonds. The van der Waals surface area contributed by atoms with Crippen molar-refractivity contribution in [2.45, 2.75) is 20.8 Å². The van der Waals surface area contributed by atoms with E-state index >= 15 is 0 Å². The standard InChI is InChI=1S/C7H6N2.C2H6/c1-3-7-8-5-4-6(2)9-7;1-2/h1,4-5H,2H3;1-2H3. The van der Waals surface area contributed by atoms with Crippen LogP contribution in [0, 0.1) is 19.3 Å². The van der Waals surface area contributed by atoms with Crippen molar-refractivity contribution in [3.8, 4) is 12.3 Å². The molecule has 0 aliphatic heterocycles. The first-order valence-corrected chi connectivity index (χ1v) is 3.59. The molecule has 1 rings (SSSR count). The van der Waals surface area contributed by atoms with E-state index in [2.05, 4.69) is 15.9 Å². The molecule has 0 bridgehead atoms. The van der Waals surface area contributed by atoms with Gasteiger partial charge in [-0.15, -0.1) is 6.42 Å². The van der Waals surface area contributed by atoms with Crippen LogP contribution in [0.1, 0.15) is 25.4 Å². The Hall–Kier alpha value is -1.36. The summed E-state index contributed by atoms with van der Waals surface area (Å²) in [5, 5.41) is 0. The van der Waals surface area contributed by atoms with Gasteiger partial charge in [0, 0.05) is 11.9 Å². The third kappa shape index (κ3) is 3.36. The number of aryl methyl sites for hydroxylation is 1. The van der Waals surface area contributed by atoms with Crippen LogP contribution in [0.4, 0.5) is 0 Å². The van der Waals surface area contributed by atoms with Crippen LogP contribution in [0.15, 0.2) is 12.3 Å². The van der Waals surface area contributed by atoms with Crippen LogP contribution < -0.4 is 0 Å². The molecule has 0 unspecified atom stereocenters. The summed E-state index contributed by atoms with van der Waals surface area (Å²) in [6.07, 6.45) is 6.69. The van der Waals surface area contributed by atoms with E-state index in [0.717, 1.165) is 5.69 Å². The molecule has 1 aromatic heterocycles. The first-order valence-electron chi connectivity index (χ1n) is 3.59. The predicted octanol–water partition coefficient (Wildman–Crippen LogP) is 1.79. The lowest BCUT2D eigenvalue weighted by molar-refractivity contribution is 1.07. The van der Waals surface area contributed by atoms with Crippen LogP contribution in [-0.4, -0.2) is 9.97 Å². The SMILES string of the molecule is C#Cc1nccc(C)n1.CC. The van der Waals surface area contributed by atoms with Crippen LogP contribution >= 0.6 is 0 Å². The molecule has 2 nitrogen and oxygen atoms in total. The minimum absolute atomic E-state index is 0.454. The van der Waals surface area contributed by atoms with E-state index in [4.69, 9.17) is 6.42 Å². The molecule has 0 radical (unpaired) electrons. The maximum atomic E-state index is 5.04. The molecule has 0 aliphatic rings. The molecule has 0 spiro atoms. The van der Waals surface area contributed by atoms with Crippen molar-refractivity contribution in [3.05, 3.63) is 23.8 Å². The summed E-state index contributed by atoms with van der Waals surface area (Å²) in [6.45, 7) is 5.88. The molecule has 0 saturated carbocycles.